The van der Waals surface area contributed by atoms with E-state index in [2.05, 4.69) is 30.6 Å². The third kappa shape index (κ3) is 3.45. The minimum Gasteiger partial charge on any atom is -0.474 e. The highest BCUT2D eigenvalue weighted by molar-refractivity contribution is 9.10. The monoisotopic (exact) mass is 275 g/mol. The maximum Gasteiger partial charge on any atom is 0.326 e. The standard InChI is InChI=1S/C8H10BrN3O3/c1-14-8(13)6(10)3-15-7-5(9)2-11-4-12-7/h2,4,6H,3,10H2,1H3. The lowest BCUT2D eigenvalue weighted by molar-refractivity contribution is -0.142. The molecule has 0 spiro atoms. The normalized spacial score (nSPS) is 11.9. The van der Waals surface area contributed by atoms with E-state index < -0.39 is 12.0 Å². The van der Waals surface area contributed by atoms with Crippen molar-refractivity contribution in [3.63, 3.8) is 0 Å². The summed E-state index contributed by atoms with van der Waals surface area (Å²) in [5.41, 5.74) is 5.47. The van der Waals surface area contributed by atoms with Crippen LogP contribution in [0.2, 0.25) is 0 Å². The van der Waals surface area contributed by atoms with Gasteiger partial charge in [0.15, 0.2) is 0 Å². The van der Waals surface area contributed by atoms with Crippen LogP contribution in [0.4, 0.5) is 0 Å². The molecule has 0 fully saturated rings. The third-order valence-corrected chi connectivity index (χ3v) is 2.08. The Balaban J connectivity index is 2.50. The van der Waals surface area contributed by atoms with E-state index in [9.17, 15) is 4.79 Å². The number of hydrogen-bond donors (Lipinski definition) is 1. The zero-order valence-corrected chi connectivity index (χ0v) is 9.60. The van der Waals surface area contributed by atoms with Crippen molar-refractivity contribution in [1.29, 1.82) is 0 Å². The van der Waals surface area contributed by atoms with Crippen LogP contribution in [-0.2, 0) is 9.53 Å². The summed E-state index contributed by atoms with van der Waals surface area (Å²) in [7, 11) is 1.27. The zero-order chi connectivity index (χ0) is 11.3. The Kier molecular flexibility index (Phi) is 4.44. The van der Waals surface area contributed by atoms with Crippen LogP contribution in [0.25, 0.3) is 0 Å². The van der Waals surface area contributed by atoms with Gasteiger partial charge in [-0.2, -0.15) is 0 Å². The average molecular weight is 276 g/mol. The second kappa shape index (κ2) is 5.62. The molecule has 0 saturated carbocycles. The van der Waals surface area contributed by atoms with Gasteiger partial charge < -0.3 is 15.2 Å². The highest BCUT2D eigenvalue weighted by atomic mass is 79.9. The molecular weight excluding hydrogens is 266 g/mol. The van der Waals surface area contributed by atoms with Crippen molar-refractivity contribution in [2.75, 3.05) is 13.7 Å². The molecule has 1 aromatic heterocycles. The summed E-state index contributed by atoms with van der Waals surface area (Å²) in [5.74, 6) is -0.190. The van der Waals surface area contributed by atoms with Crippen LogP contribution in [0.15, 0.2) is 17.0 Å². The first-order valence-corrected chi connectivity index (χ1v) is 4.86. The van der Waals surface area contributed by atoms with Gasteiger partial charge >= 0.3 is 5.97 Å². The molecule has 82 valence electrons. The fraction of sp³-hybridized carbons (Fsp3) is 0.375. The van der Waals surface area contributed by atoms with Crippen molar-refractivity contribution in [2.24, 2.45) is 5.73 Å². The van der Waals surface area contributed by atoms with Gasteiger partial charge in [-0.05, 0) is 15.9 Å². The minimum atomic E-state index is -0.822. The van der Waals surface area contributed by atoms with Crippen LogP contribution in [-0.4, -0.2) is 35.7 Å². The van der Waals surface area contributed by atoms with Crippen LogP contribution in [0.1, 0.15) is 0 Å². The van der Waals surface area contributed by atoms with Crippen molar-refractivity contribution in [1.82, 2.24) is 9.97 Å². The predicted molar refractivity (Wildman–Crippen MR) is 55.2 cm³/mol. The first-order chi connectivity index (χ1) is 7.15. The van der Waals surface area contributed by atoms with Gasteiger partial charge in [-0.15, -0.1) is 0 Å². The number of nitrogens with zero attached hydrogens (tertiary/aromatic N) is 2. The third-order valence-electron chi connectivity index (χ3n) is 1.54. The van der Waals surface area contributed by atoms with Crippen LogP contribution in [0.3, 0.4) is 0 Å². The molecule has 0 aliphatic carbocycles. The van der Waals surface area contributed by atoms with Crippen LogP contribution in [0.5, 0.6) is 5.88 Å². The summed E-state index contributed by atoms with van der Waals surface area (Å²) in [5, 5.41) is 0. The number of carbonyl (C=O) groups excluding carboxylic acids is 1. The van der Waals surface area contributed by atoms with Crippen LogP contribution < -0.4 is 10.5 Å². The maximum atomic E-state index is 10.9. The molecular formula is C8H10BrN3O3. The number of ether oxygens (including phenoxy) is 2. The summed E-state index contributed by atoms with van der Waals surface area (Å²) in [6, 6.07) is -0.822. The first-order valence-electron chi connectivity index (χ1n) is 4.07. The number of nitrogens with two attached hydrogens (primary N) is 1. The SMILES string of the molecule is COC(=O)C(N)COc1ncncc1Br. The molecule has 0 saturated heterocycles. The molecule has 0 radical (unpaired) electrons. The number of methoxy groups -OCH3 is 1. The zero-order valence-electron chi connectivity index (χ0n) is 8.01. The van der Waals surface area contributed by atoms with Crippen molar-refractivity contribution < 1.29 is 14.3 Å². The first kappa shape index (κ1) is 11.9. The molecule has 1 unspecified atom stereocenters. The van der Waals surface area contributed by atoms with Crippen molar-refractivity contribution in [3.8, 4) is 5.88 Å². The molecule has 0 aliphatic heterocycles. The predicted octanol–water partition coefficient (Wildman–Crippen LogP) is 0.118. The van der Waals surface area contributed by atoms with E-state index in [-0.39, 0.29) is 6.61 Å². The summed E-state index contributed by atoms with van der Waals surface area (Å²) in [6.45, 7) is 0.00227. The van der Waals surface area contributed by atoms with Crippen molar-refractivity contribution in [3.05, 3.63) is 17.0 Å². The molecule has 7 heteroatoms. The molecule has 15 heavy (non-hydrogen) atoms. The number of esters is 1. The molecule has 0 aromatic carbocycles. The quantitative estimate of drug-likeness (QED) is 0.786. The fourth-order valence-corrected chi connectivity index (χ4v) is 1.13. The molecule has 2 N–H and O–H groups in total. The van der Waals surface area contributed by atoms with E-state index in [1.807, 2.05) is 0 Å². The lowest BCUT2D eigenvalue weighted by Crippen LogP contribution is -2.37. The molecule has 0 amide bonds. The molecule has 1 atom stereocenters. The van der Waals surface area contributed by atoms with E-state index >= 15 is 0 Å². The Hall–Kier alpha value is -1.21. The van der Waals surface area contributed by atoms with E-state index in [0.29, 0.717) is 10.4 Å². The Morgan fingerprint density at radius 3 is 3.07 bits per heavy atom. The Morgan fingerprint density at radius 1 is 1.73 bits per heavy atom. The smallest absolute Gasteiger partial charge is 0.326 e. The molecule has 0 bridgehead atoms. The van der Waals surface area contributed by atoms with Crippen molar-refractivity contribution in [2.45, 2.75) is 6.04 Å². The van der Waals surface area contributed by atoms with Gasteiger partial charge in [-0.3, -0.25) is 4.79 Å². The molecule has 0 aliphatic rings. The lowest BCUT2D eigenvalue weighted by atomic mass is 10.3. The number of hydrogen-bond acceptors (Lipinski definition) is 6. The molecule has 1 heterocycles. The van der Waals surface area contributed by atoms with Gasteiger partial charge in [0, 0.05) is 6.20 Å². The van der Waals surface area contributed by atoms with Gasteiger partial charge in [-0.25, -0.2) is 9.97 Å². The second-order valence-electron chi connectivity index (χ2n) is 2.62. The highest BCUT2D eigenvalue weighted by Crippen LogP contribution is 2.19. The Morgan fingerprint density at radius 2 is 2.47 bits per heavy atom. The van der Waals surface area contributed by atoms with Gasteiger partial charge in [0.1, 0.15) is 19.0 Å². The van der Waals surface area contributed by atoms with E-state index in [0.717, 1.165) is 0 Å². The number of carbonyl (C=O) groups is 1. The number of rotatable bonds is 4. The topological polar surface area (TPSA) is 87.3 Å². The Labute approximate surface area is 94.9 Å². The van der Waals surface area contributed by atoms with E-state index in [1.165, 1.54) is 19.6 Å². The molecule has 1 rings (SSSR count). The van der Waals surface area contributed by atoms with Gasteiger partial charge in [0.05, 0.1) is 11.6 Å². The highest BCUT2D eigenvalue weighted by Gasteiger charge is 2.15. The van der Waals surface area contributed by atoms with Gasteiger partial charge in [0.25, 0.3) is 0 Å². The minimum absolute atomic E-state index is 0.00227. The molecule has 1 aromatic rings. The maximum absolute atomic E-state index is 10.9. The van der Waals surface area contributed by atoms with Crippen LogP contribution >= 0.6 is 15.9 Å². The summed E-state index contributed by atoms with van der Waals surface area (Å²) in [4.78, 5) is 18.6. The van der Waals surface area contributed by atoms with E-state index in [1.54, 1.807) is 0 Å². The lowest BCUT2D eigenvalue weighted by Gasteiger charge is -2.10. The Bertz CT molecular complexity index is 348. The summed E-state index contributed by atoms with van der Waals surface area (Å²) < 4.78 is 10.2. The fourth-order valence-electron chi connectivity index (χ4n) is 0.796. The second-order valence-corrected chi connectivity index (χ2v) is 3.47. The van der Waals surface area contributed by atoms with Crippen molar-refractivity contribution >= 4 is 21.9 Å². The molecule has 6 nitrogen and oxygen atoms in total. The average Bonchev–Trinajstić information content (AvgIpc) is 2.26. The number of halogens is 1. The summed E-state index contributed by atoms with van der Waals surface area (Å²) in [6.07, 6.45) is 2.87. The van der Waals surface area contributed by atoms with E-state index in [4.69, 9.17) is 10.5 Å². The van der Waals surface area contributed by atoms with Gasteiger partial charge in [0.2, 0.25) is 5.88 Å². The summed E-state index contributed by atoms with van der Waals surface area (Å²) >= 11 is 3.19. The van der Waals surface area contributed by atoms with Gasteiger partial charge in [-0.1, -0.05) is 0 Å². The number of aromatic nitrogens is 2. The van der Waals surface area contributed by atoms with Crippen LogP contribution in [0, 0.1) is 0 Å². The largest absolute Gasteiger partial charge is 0.474 e.